The number of rotatable bonds is 5. The highest BCUT2D eigenvalue weighted by Crippen LogP contribution is 2.14. The van der Waals surface area contributed by atoms with Crippen LogP contribution in [0.15, 0.2) is 53.5 Å². The summed E-state index contributed by atoms with van der Waals surface area (Å²) < 4.78 is 0. The van der Waals surface area contributed by atoms with Gasteiger partial charge in [0.25, 0.3) is 0 Å². The van der Waals surface area contributed by atoms with Crippen molar-refractivity contribution < 1.29 is 0 Å². The van der Waals surface area contributed by atoms with Gasteiger partial charge in [0.15, 0.2) is 5.96 Å². The van der Waals surface area contributed by atoms with Crippen LogP contribution in [-0.2, 0) is 6.54 Å². The number of nitriles is 1. The van der Waals surface area contributed by atoms with E-state index >= 15 is 0 Å². The Labute approximate surface area is 144 Å². The molecular weight excluding hydrogens is 296 g/mol. The Morgan fingerprint density at radius 3 is 2.58 bits per heavy atom. The molecule has 0 saturated heterocycles. The Balaban J connectivity index is 1.86. The zero-order valence-corrected chi connectivity index (χ0v) is 14.5. The molecule has 0 aliphatic rings. The fraction of sp³-hybridized carbons (Fsp3) is 0.300. The average Bonchev–Trinajstić information content (AvgIpc) is 2.62. The number of benzene rings is 2. The molecule has 0 fully saturated rings. The van der Waals surface area contributed by atoms with Crippen LogP contribution in [-0.4, -0.2) is 19.6 Å². The second-order valence-electron chi connectivity index (χ2n) is 5.93. The van der Waals surface area contributed by atoms with Crippen LogP contribution in [0.25, 0.3) is 0 Å². The Hall–Kier alpha value is -2.80. The van der Waals surface area contributed by atoms with Crippen molar-refractivity contribution in [3.05, 3.63) is 70.8 Å². The third kappa shape index (κ3) is 5.13. The fourth-order valence-corrected chi connectivity index (χ4v) is 2.42. The van der Waals surface area contributed by atoms with Crippen molar-refractivity contribution in [3.8, 4) is 6.07 Å². The van der Waals surface area contributed by atoms with E-state index in [2.05, 4.69) is 59.8 Å². The molecule has 2 N–H and O–H groups in total. The third-order valence-corrected chi connectivity index (χ3v) is 3.96. The fourth-order valence-electron chi connectivity index (χ4n) is 2.42. The Morgan fingerprint density at radius 1 is 1.17 bits per heavy atom. The number of hydrogen-bond acceptors (Lipinski definition) is 2. The van der Waals surface area contributed by atoms with Crippen molar-refractivity contribution in [2.75, 3.05) is 13.6 Å². The summed E-state index contributed by atoms with van der Waals surface area (Å²) in [5.41, 5.74) is 4.31. The van der Waals surface area contributed by atoms with Gasteiger partial charge in [-0.25, -0.2) is 0 Å². The number of aliphatic imine (C=N–C) groups is 1. The van der Waals surface area contributed by atoms with Crippen molar-refractivity contribution in [2.45, 2.75) is 26.3 Å². The van der Waals surface area contributed by atoms with E-state index in [1.54, 1.807) is 13.1 Å². The van der Waals surface area contributed by atoms with E-state index in [9.17, 15) is 0 Å². The second kappa shape index (κ2) is 8.73. The van der Waals surface area contributed by atoms with Gasteiger partial charge in [-0.3, -0.25) is 4.99 Å². The topological polar surface area (TPSA) is 60.2 Å². The first-order valence-electron chi connectivity index (χ1n) is 8.12. The summed E-state index contributed by atoms with van der Waals surface area (Å²) in [6, 6.07) is 18.4. The molecule has 1 atom stereocenters. The molecule has 0 bridgehead atoms. The molecule has 2 aromatic rings. The second-order valence-corrected chi connectivity index (χ2v) is 5.93. The zero-order chi connectivity index (χ0) is 17.4. The average molecular weight is 320 g/mol. The van der Waals surface area contributed by atoms with Crippen molar-refractivity contribution >= 4 is 5.96 Å². The summed E-state index contributed by atoms with van der Waals surface area (Å²) in [5.74, 6) is 1.15. The van der Waals surface area contributed by atoms with Gasteiger partial charge in [-0.2, -0.15) is 5.26 Å². The van der Waals surface area contributed by atoms with Gasteiger partial charge in [-0.15, -0.1) is 0 Å². The maximum absolute atomic E-state index is 8.95. The smallest absolute Gasteiger partial charge is 0.191 e. The zero-order valence-electron chi connectivity index (χ0n) is 14.5. The standard InChI is InChI=1S/C20H24N4/c1-15-7-9-19(10-8-15)16(2)13-23-20(22-3)24-14-18-6-4-5-17(11-18)12-21/h4-11,16H,13-14H2,1-3H3,(H2,22,23,24). The van der Waals surface area contributed by atoms with E-state index in [0.717, 1.165) is 18.1 Å². The summed E-state index contributed by atoms with van der Waals surface area (Å²) in [4.78, 5) is 4.25. The van der Waals surface area contributed by atoms with E-state index in [1.807, 2.05) is 18.2 Å². The highest BCUT2D eigenvalue weighted by atomic mass is 15.2. The first kappa shape index (κ1) is 17.6. The normalized spacial score (nSPS) is 12.3. The molecule has 0 aliphatic heterocycles. The van der Waals surface area contributed by atoms with Crippen molar-refractivity contribution in [3.63, 3.8) is 0 Å². The van der Waals surface area contributed by atoms with Crippen LogP contribution in [0.1, 0.15) is 35.1 Å². The molecule has 1 unspecified atom stereocenters. The number of guanidine groups is 1. The number of hydrogen-bond donors (Lipinski definition) is 2. The maximum atomic E-state index is 8.95. The number of nitrogens with zero attached hydrogens (tertiary/aromatic N) is 2. The summed E-state index contributed by atoms with van der Waals surface area (Å²) in [6.45, 7) is 5.73. The van der Waals surface area contributed by atoms with Crippen LogP contribution in [0.5, 0.6) is 0 Å². The van der Waals surface area contributed by atoms with Crippen LogP contribution < -0.4 is 10.6 Å². The van der Waals surface area contributed by atoms with Gasteiger partial charge in [-0.1, -0.05) is 48.9 Å². The number of aryl methyl sites for hydroxylation is 1. The first-order chi connectivity index (χ1) is 11.6. The van der Waals surface area contributed by atoms with Crippen LogP contribution in [0, 0.1) is 18.3 Å². The molecule has 0 radical (unpaired) electrons. The Kier molecular flexibility index (Phi) is 6.39. The predicted octanol–water partition coefficient (Wildman–Crippen LogP) is 3.34. The third-order valence-electron chi connectivity index (χ3n) is 3.96. The molecule has 0 heterocycles. The SMILES string of the molecule is CN=C(NCc1cccc(C#N)c1)NCC(C)c1ccc(C)cc1. The lowest BCUT2D eigenvalue weighted by molar-refractivity contribution is 0.698. The van der Waals surface area contributed by atoms with Crippen LogP contribution in [0.3, 0.4) is 0 Å². The molecule has 0 aromatic heterocycles. The lowest BCUT2D eigenvalue weighted by Crippen LogP contribution is -2.38. The molecular formula is C20H24N4. The predicted molar refractivity (Wildman–Crippen MR) is 99.0 cm³/mol. The monoisotopic (exact) mass is 320 g/mol. The van der Waals surface area contributed by atoms with Gasteiger partial charge in [0.1, 0.15) is 0 Å². The van der Waals surface area contributed by atoms with Crippen LogP contribution in [0.2, 0.25) is 0 Å². The van der Waals surface area contributed by atoms with Crippen molar-refractivity contribution in [1.82, 2.24) is 10.6 Å². The van der Waals surface area contributed by atoms with Gasteiger partial charge in [0.2, 0.25) is 0 Å². The molecule has 124 valence electrons. The molecule has 4 heteroatoms. The minimum absolute atomic E-state index is 0.395. The summed E-state index contributed by atoms with van der Waals surface area (Å²) in [7, 11) is 1.76. The van der Waals surface area contributed by atoms with E-state index in [0.29, 0.717) is 18.0 Å². The lowest BCUT2D eigenvalue weighted by atomic mass is 10.0. The molecule has 2 rings (SSSR count). The highest BCUT2D eigenvalue weighted by Gasteiger charge is 2.06. The molecule has 2 aromatic carbocycles. The van der Waals surface area contributed by atoms with Gasteiger partial charge in [-0.05, 0) is 36.1 Å². The molecule has 0 saturated carbocycles. The Morgan fingerprint density at radius 2 is 1.92 bits per heavy atom. The largest absolute Gasteiger partial charge is 0.356 e. The van der Waals surface area contributed by atoms with Crippen LogP contribution >= 0.6 is 0 Å². The van der Waals surface area contributed by atoms with E-state index in [1.165, 1.54) is 11.1 Å². The van der Waals surface area contributed by atoms with E-state index in [-0.39, 0.29) is 0 Å². The summed E-state index contributed by atoms with van der Waals surface area (Å²) in [5, 5.41) is 15.6. The minimum Gasteiger partial charge on any atom is -0.356 e. The molecule has 0 spiro atoms. The molecule has 0 aliphatic carbocycles. The number of nitrogens with one attached hydrogen (secondary N) is 2. The maximum Gasteiger partial charge on any atom is 0.191 e. The van der Waals surface area contributed by atoms with E-state index in [4.69, 9.17) is 5.26 Å². The minimum atomic E-state index is 0.395. The summed E-state index contributed by atoms with van der Waals surface area (Å²) >= 11 is 0. The van der Waals surface area contributed by atoms with Gasteiger partial charge < -0.3 is 10.6 Å². The summed E-state index contributed by atoms with van der Waals surface area (Å²) in [6.07, 6.45) is 0. The van der Waals surface area contributed by atoms with Crippen molar-refractivity contribution in [2.24, 2.45) is 4.99 Å². The highest BCUT2D eigenvalue weighted by molar-refractivity contribution is 5.79. The van der Waals surface area contributed by atoms with Gasteiger partial charge in [0.05, 0.1) is 11.6 Å². The molecule has 0 amide bonds. The van der Waals surface area contributed by atoms with Gasteiger partial charge >= 0.3 is 0 Å². The molecule has 4 nitrogen and oxygen atoms in total. The van der Waals surface area contributed by atoms with Crippen LogP contribution in [0.4, 0.5) is 0 Å². The first-order valence-corrected chi connectivity index (χ1v) is 8.12. The molecule has 24 heavy (non-hydrogen) atoms. The van der Waals surface area contributed by atoms with Crippen molar-refractivity contribution in [1.29, 1.82) is 5.26 Å². The van der Waals surface area contributed by atoms with E-state index < -0.39 is 0 Å². The Bertz CT molecular complexity index is 726. The van der Waals surface area contributed by atoms with Gasteiger partial charge in [0, 0.05) is 20.1 Å². The lowest BCUT2D eigenvalue weighted by Gasteiger charge is -2.16. The quantitative estimate of drug-likeness (QED) is 0.656.